The number of oxazole rings is 1. The van der Waals surface area contributed by atoms with E-state index in [1.165, 1.54) is 18.5 Å². The maximum Gasteiger partial charge on any atom is 0.295 e. The Morgan fingerprint density at radius 3 is 2.69 bits per heavy atom. The summed E-state index contributed by atoms with van der Waals surface area (Å²) in [5.74, 6) is 4.64. The Labute approximate surface area is 147 Å². The van der Waals surface area contributed by atoms with Gasteiger partial charge in [0.2, 0.25) is 0 Å². The van der Waals surface area contributed by atoms with Crippen molar-refractivity contribution in [3.05, 3.63) is 35.4 Å². The second kappa shape index (κ2) is 6.00. The number of aromatic nitrogens is 3. The molecule has 9 heteroatoms. The molecule has 1 aliphatic rings. The molecule has 0 amide bonds. The largest absolute Gasteiger partial charge is 0.423 e. The van der Waals surface area contributed by atoms with Crippen molar-refractivity contribution < 1.29 is 8.81 Å². The number of benzene rings is 1. The number of halogens is 1. The number of fused-ring (bicyclic) bond motifs is 1. The number of rotatable bonds is 3. The number of hydrogen-bond donors (Lipinski definition) is 4. The third-order valence-corrected chi connectivity index (χ3v) is 3.86. The van der Waals surface area contributed by atoms with Gasteiger partial charge in [-0.1, -0.05) is 5.92 Å². The first kappa shape index (κ1) is 15.8. The fourth-order valence-corrected chi connectivity index (χ4v) is 2.37. The molecule has 130 valence electrons. The van der Waals surface area contributed by atoms with Crippen molar-refractivity contribution >= 4 is 34.5 Å². The van der Waals surface area contributed by atoms with Crippen LogP contribution in [-0.2, 0) is 0 Å². The Kier molecular flexibility index (Phi) is 3.65. The van der Waals surface area contributed by atoms with E-state index in [1.54, 1.807) is 0 Å². The van der Waals surface area contributed by atoms with Crippen LogP contribution in [0.25, 0.3) is 11.1 Å². The van der Waals surface area contributed by atoms with Crippen molar-refractivity contribution in [3.63, 3.8) is 0 Å². The predicted octanol–water partition coefficient (Wildman–Crippen LogP) is 1.92. The number of nitrogens with one attached hydrogen (secondary N) is 2. The van der Waals surface area contributed by atoms with Crippen molar-refractivity contribution in [1.82, 2.24) is 15.0 Å². The molecule has 0 bridgehead atoms. The number of nitrogen functional groups attached to an aromatic ring is 2. The van der Waals surface area contributed by atoms with Gasteiger partial charge in [0.1, 0.15) is 35.0 Å². The Bertz CT molecular complexity index is 1070. The molecule has 0 radical (unpaired) electrons. The zero-order chi connectivity index (χ0) is 18.3. The highest BCUT2D eigenvalue weighted by Gasteiger charge is 2.23. The van der Waals surface area contributed by atoms with Crippen LogP contribution in [0, 0.1) is 23.1 Å². The van der Waals surface area contributed by atoms with Crippen LogP contribution in [0.4, 0.5) is 22.0 Å². The standard InChI is InChI=1S/C17H14FN7O/c18-10-6-13-12(25-17(26-13)24-9-2-3-9)5-8(10)1-4-11(19)14-15(20)22-7-23-16(14)21/h5-7,9,19H,2-3H2,(H,24,25)(H4,20,21,22,23). The summed E-state index contributed by atoms with van der Waals surface area (Å²) in [5.41, 5.74) is 12.2. The van der Waals surface area contributed by atoms with Crippen LogP contribution in [0.15, 0.2) is 22.9 Å². The van der Waals surface area contributed by atoms with Crippen LogP contribution in [0.1, 0.15) is 24.0 Å². The normalized spacial score (nSPS) is 13.3. The van der Waals surface area contributed by atoms with Gasteiger partial charge in [0, 0.05) is 12.1 Å². The van der Waals surface area contributed by atoms with E-state index in [9.17, 15) is 4.39 Å². The quantitative estimate of drug-likeness (QED) is 0.417. The predicted molar refractivity (Wildman–Crippen MR) is 95.2 cm³/mol. The summed E-state index contributed by atoms with van der Waals surface area (Å²) in [7, 11) is 0. The fourth-order valence-electron chi connectivity index (χ4n) is 2.37. The molecule has 0 unspecified atom stereocenters. The topological polar surface area (TPSA) is 140 Å². The summed E-state index contributed by atoms with van der Waals surface area (Å²) < 4.78 is 19.7. The number of nitrogens with two attached hydrogens (primary N) is 2. The minimum Gasteiger partial charge on any atom is -0.423 e. The van der Waals surface area contributed by atoms with E-state index in [4.69, 9.17) is 21.3 Å². The van der Waals surface area contributed by atoms with Crippen molar-refractivity contribution in [1.29, 1.82) is 5.41 Å². The minimum atomic E-state index is -0.572. The van der Waals surface area contributed by atoms with E-state index in [-0.39, 0.29) is 28.5 Å². The minimum absolute atomic E-state index is 0.0417. The van der Waals surface area contributed by atoms with Crippen LogP contribution < -0.4 is 16.8 Å². The number of nitrogens with zero attached hydrogens (tertiary/aromatic N) is 3. The van der Waals surface area contributed by atoms with Gasteiger partial charge in [-0.15, -0.1) is 0 Å². The molecule has 1 fully saturated rings. The smallest absolute Gasteiger partial charge is 0.295 e. The molecular weight excluding hydrogens is 337 g/mol. The summed E-state index contributed by atoms with van der Waals surface area (Å²) in [6, 6.07) is 3.43. The van der Waals surface area contributed by atoms with Gasteiger partial charge in [-0.3, -0.25) is 5.41 Å². The van der Waals surface area contributed by atoms with Crippen molar-refractivity contribution in [2.75, 3.05) is 16.8 Å². The first-order valence-electron chi connectivity index (χ1n) is 7.85. The monoisotopic (exact) mass is 351 g/mol. The molecular formula is C17H14FN7O. The molecule has 0 atom stereocenters. The highest BCUT2D eigenvalue weighted by molar-refractivity contribution is 6.16. The Morgan fingerprint density at radius 1 is 1.27 bits per heavy atom. The van der Waals surface area contributed by atoms with Crippen molar-refractivity contribution in [2.45, 2.75) is 18.9 Å². The van der Waals surface area contributed by atoms with Crippen LogP contribution in [0.2, 0.25) is 0 Å². The van der Waals surface area contributed by atoms with Crippen LogP contribution in [-0.4, -0.2) is 26.7 Å². The first-order valence-corrected chi connectivity index (χ1v) is 7.85. The summed E-state index contributed by atoms with van der Waals surface area (Å²) in [6.45, 7) is 0. The van der Waals surface area contributed by atoms with Gasteiger partial charge in [-0.05, 0) is 24.8 Å². The molecule has 1 aliphatic carbocycles. The summed E-state index contributed by atoms with van der Waals surface area (Å²) >= 11 is 0. The van der Waals surface area contributed by atoms with Gasteiger partial charge in [-0.2, -0.15) is 4.98 Å². The molecule has 2 heterocycles. The van der Waals surface area contributed by atoms with E-state index in [0.29, 0.717) is 23.2 Å². The lowest BCUT2D eigenvalue weighted by Crippen LogP contribution is -2.09. The average molecular weight is 351 g/mol. The van der Waals surface area contributed by atoms with Crippen LogP contribution in [0.3, 0.4) is 0 Å². The third kappa shape index (κ3) is 3.00. The molecule has 1 aromatic carbocycles. The molecule has 0 aliphatic heterocycles. The van der Waals surface area contributed by atoms with Crippen molar-refractivity contribution in [2.24, 2.45) is 0 Å². The second-order valence-electron chi connectivity index (χ2n) is 5.88. The molecule has 8 nitrogen and oxygen atoms in total. The molecule has 3 aromatic rings. The highest BCUT2D eigenvalue weighted by atomic mass is 19.1. The lowest BCUT2D eigenvalue weighted by atomic mass is 10.1. The number of hydrogen-bond acceptors (Lipinski definition) is 8. The van der Waals surface area contributed by atoms with Gasteiger partial charge < -0.3 is 21.2 Å². The zero-order valence-corrected chi connectivity index (χ0v) is 13.5. The number of anilines is 3. The molecule has 6 N–H and O–H groups in total. The van der Waals surface area contributed by atoms with Gasteiger partial charge in [0.25, 0.3) is 6.01 Å². The maximum atomic E-state index is 14.3. The average Bonchev–Trinajstić information content (AvgIpc) is 3.31. The van der Waals surface area contributed by atoms with Crippen LogP contribution >= 0.6 is 0 Å². The lowest BCUT2D eigenvalue weighted by Gasteiger charge is -2.03. The van der Waals surface area contributed by atoms with E-state index < -0.39 is 5.82 Å². The maximum absolute atomic E-state index is 14.3. The first-order chi connectivity index (χ1) is 12.5. The van der Waals surface area contributed by atoms with E-state index >= 15 is 0 Å². The molecule has 0 saturated heterocycles. The van der Waals surface area contributed by atoms with E-state index in [1.807, 2.05) is 0 Å². The molecule has 26 heavy (non-hydrogen) atoms. The van der Waals surface area contributed by atoms with Gasteiger partial charge in [0.05, 0.1) is 11.1 Å². The van der Waals surface area contributed by atoms with E-state index in [2.05, 4.69) is 32.1 Å². The highest BCUT2D eigenvalue weighted by Crippen LogP contribution is 2.27. The van der Waals surface area contributed by atoms with Crippen LogP contribution in [0.5, 0.6) is 0 Å². The summed E-state index contributed by atoms with van der Waals surface area (Å²) in [6.07, 6.45) is 3.34. The molecule has 1 saturated carbocycles. The zero-order valence-electron chi connectivity index (χ0n) is 13.5. The molecule has 4 rings (SSSR count). The summed E-state index contributed by atoms with van der Waals surface area (Å²) in [4.78, 5) is 11.8. The lowest BCUT2D eigenvalue weighted by molar-refractivity contribution is 0.598. The van der Waals surface area contributed by atoms with Gasteiger partial charge >= 0.3 is 0 Å². The fraction of sp³-hybridized carbons (Fsp3) is 0.176. The van der Waals surface area contributed by atoms with Gasteiger partial charge in [0.15, 0.2) is 5.58 Å². The van der Waals surface area contributed by atoms with Crippen molar-refractivity contribution in [3.8, 4) is 11.8 Å². The Morgan fingerprint density at radius 2 is 2.00 bits per heavy atom. The second-order valence-corrected chi connectivity index (χ2v) is 5.88. The summed E-state index contributed by atoms with van der Waals surface area (Å²) in [5, 5.41) is 11.1. The Hall–Kier alpha value is -3.67. The molecule has 0 spiro atoms. The molecule has 2 aromatic heterocycles. The van der Waals surface area contributed by atoms with Gasteiger partial charge in [-0.25, -0.2) is 14.4 Å². The van der Waals surface area contributed by atoms with E-state index in [0.717, 1.165) is 12.8 Å². The Balaban J connectivity index is 1.65. The third-order valence-electron chi connectivity index (χ3n) is 3.86. The SMILES string of the molecule is N=C(C#Cc1cc2nc(NC3CC3)oc2cc1F)c1c(N)ncnc1N.